The average molecular weight is 453 g/mol. The molecule has 0 aliphatic carbocycles. The molecular weight excluding hydrogens is 414 g/mol. The molecule has 0 saturated carbocycles. The fraction of sp³-hybridized carbons (Fsp3) is 0.219. The van der Waals surface area contributed by atoms with Gasteiger partial charge >= 0.3 is 0 Å². The Morgan fingerprint density at radius 2 is 1.76 bits per heavy atom. The molecule has 2 heteroatoms. The summed E-state index contributed by atoms with van der Waals surface area (Å²) in [5, 5.41) is 10.9. The Morgan fingerprint density at radius 3 is 2.53 bits per heavy atom. The number of furan rings is 1. The summed E-state index contributed by atoms with van der Waals surface area (Å²) < 4.78 is 82.1. The van der Waals surface area contributed by atoms with Crippen LogP contribution in [0.5, 0.6) is 0 Å². The molecule has 5 aromatic rings. The van der Waals surface area contributed by atoms with Crippen molar-refractivity contribution >= 4 is 21.9 Å². The van der Waals surface area contributed by atoms with Crippen molar-refractivity contribution in [2.75, 3.05) is 0 Å². The number of hydrogen-bond acceptors (Lipinski definition) is 2. The molecule has 0 fully saturated rings. The largest absolute Gasteiger partial charge is 0.455 e. The summed E-state index contributed by atoms with van der Waals surface area (Å²) in [5.74, 6) is 0. The van der Waals surface area contributed by atoms with Crippen LogP contribution in [0.2, 0.25) is 0 Å². The first-order valence-corrected chi connectivity index (χ1v) is 11.0. The van der Waals surface area contributed by atoms with E-state index in [-0.39, 0.29) is 33.9 Å². The van der Waals surface area contributed by atoms with E-state index in [2.05, 4.69) is 6.07 Å². The highest BCUT2D eigenvalue weighted by atomic mass is 16.3. The molecule has 0 spiro atoms. The molecular formula is C32H29NO. The first-order chi connectivity index (χ1) is 19.8. The third kappa shape index (κ3) is 3.99. The second kappa shape index (κ2) is 8.19. The average Bonchev–Trinajstić information content (AvgIpc) is 3.28. The summed E-state index contributed by atoms with van der Waals surface area (Å²) >= 11 is 0. The second-order valence-corrected chi connectivity index (χ2v) is 9.42. The normalized spacial score (nSPS) is 16.8. The van der Waals surface area contributed by atoms with E-state index in [0.717, 1.165) is 10.8 Å². The lowest BCUT2D eigenvalue weighted by Gasteiger charge is -2.19. The topological polar surface area (TPSA) is 36.9 Å². The summed E-state index contributed by atoms with van der Waals surface area (Å²) in [6.45, 7) is -0.334. The minimum absolute atomic E-state index is 0.0373. The molecule has 168 valence electrons. The van der Waals surface area contributed by atoms with Crippen molar-refractivity contribution in [2.24, 2.45) is 5.41 Å². The maximum absolute atomic E-state index is 9.32. The maximum Gasteiger partial charge on any atom is 0.143 e. The van der Waals surface area contributed by atoms with Gasteiger partial charge in [-0.3, -0.25) is 0 Å². The quantitative estimate of drug-likeness (QED) is 0.274. The number of aryl methyl sites for hydroxylation is 2. The Balaban J connectivity index is 1.82. The van der Waals surface area contributed by atoms with Crippen LogP contribution in [0.1, 0.15) is 55.4 Å². The zero-order valence-electron chi connectivity index (χ0n) is 28.2. The van der Waals surface area contributed by atoms with E-state index in [1.165, 1.54) is 18.2 Å². The van der Waals surface area contributed by atoms with E-state index in [1.54, 1.807) is 57.2 Å². The molecule has 0 radical (unpaired) electrons. The van der Waals surface area contributed by atoms with Crippen LogP contribution >= 0.6 is 0 Å². The highest BCUT2D eigenvalue weighted by Crippen LogP contribution is 2.38. The SMILES string of the molecule is [2H]c1cc(C([2H])([2H])C(C)(C)C)cc(C([2H])([2H])[2H])c1-c1cc(-c2cccc3c2oc2cc(C#N)ccc23)ccc1C([2H])([2H])[2H]. The minimum atomic E-state index is -2.77. The maximum atomic E-state index is 9.32. The van der Waals surface area contributed by atoms with Gasteiger partial charge in [0.15, 0.2) is 0 Å². The number of nitrogens with zero attached hydrogens (tertiary/aromatic N) is 1. The van der Waals surface area contributed by atoms with Crippen LogP contribution in [-0.2, 0) is 6.37 Å². The van der Waals surface area contributed by atoms with Crippen molar-refractivity contribution in [1.29, 1.82) is 5.26 Å². The number of fused-ring (bicyclic) bond motifs is 3. The Morgan fingerprint density at radius 1 is 0.912 bits per heavy atom. The van der Waals surface area contributed by atoms with Crippen LogP contribution in [0.3, 0.4) is 0 Å². The molecule has 0 unspecified atom stereocenters. The van der Waals surface area contributed by atoms with Gasteiger partial charge in [0.25, 0.3) is 0 Å². The molecule has 0 bridgehead atoms. The summed E-state index contributed by atoms with van der Waals surface area (Å²) in [7, 11) is 0. The van der Waals surface area contributed by atoms with E-state index in [1.807, 2.05) is 12.1 Å². The van der Waals surface area contributed by atoms with Gasteiger partial charge in [-0.2, -0.15) is 5.26 Å². The second-order valence-electron chi connectivity index (χ2n) is 9.42. The van der Waals surface area contributed by atoms with Crippen molar-refractivity contribution in [2.45, 2.75) is 40.8 Å². The molecule has 0 atom stereocenters. The highest BCUT2D eigenvalue weighted by Gasteiger charge is 2.16. The van der Waals surface area contributed by atoms with Gasteiger partial charge in [-0.25, -0.2) is 0 Å². The van der Waals surface area contributed by atoms with Crippen molar-refractivity contribution in [3.8, 4) is 28.3 Å². The molecule has 1 heterocycles. The summed E-state index contributed by atoms with van der Waals surface area (Å²) in [6, 6.07) is 19.6. The van der Waals surface area contributed by atoms with Gasteiger partial charge in [0.2, 0.25) is 0 Å². The van der Waals surface area contributed by atoms with Crippen LogP contribution in [0.15, 0.2) is 77.2 Å². The van der Waals surface area contributed by atoms with E-state index in [0.29, 0.717) is 27.9 Å². The van der Waals surface area contributed by atoms with E-state index in [9.17, 15) is 5.26 Å². The molecule has 0 amide bonds. The van der Waals surface area contributed by atoms with Gasteiger partial charge in [0.1, 0.15) is 11.2 Å². The fourth-order valence-electron chi connectivity index (χ4n) is 4.24. The van der Waals surface area contributed by atoms with Gasteiger partial charge in [-0.15, -0.1) is 0 Å². The number of benzene rings is 4. The fourth-order valence-corrected chi connectivity index (χ4v) is 4.24. The number of nitriles is 1. The van der Waals surface area contributed by atoms with Crippen LogP contribution in [0.25, 0.3) is 44.2 Å². The first-order valence-electron chi connectivity index (χ1n) is 15.5. The lowest BCUT2D eigenvalue weighted by Crippen LogP contribution is -2.09. The van der Waals surface area contributed by atoms with Crippen molar-refractivity contribution < 1.29 is 16.8 Å². The smallest absolute Gasteiger partial charge is 0.143 e. The van der Waals surface area contributed by atoms with Gasteiger partial charge in [0.05, 0.1) is 13.0 Å². The van der Waals surface area contributed by atoms with Crippen molar-refractivity contribution in [3.63, 3.8) is 0 Å². The van der Waals surface area contributed by atoms with Crippen LogP contribution in [-0.4, -0.2) is 0 Å². The lowest BCUT2D eigenvalue weighted by atomic mass is 9.86. The summed E-state index contributed by atoms with van der Waals surface area (Å²) in [4.78, 5) is 0. The lowest BCUT2D eigenvalue weighted by molar-refractivity contribution is 0.411. The monoisotopic (exact) mass is 452 g/mol. The zero-order chi connectivity index (χ0) is 31.7. The van der Waals surface area contributed by atoms with Gasteiger partial charge in [0, 0.05) is 27.3 Å². The van der Waals surface area contributed by atoms with Gasteiger partial charge in [-0.05, 0) is 83.1 Å². The number of para-hydroxylation sites is 1. The van der Waals surface area contributed by atoms with Gasteiger partial charge < -0.3 is 4.42 Å². The summed E-state index contributed by atoms with van der Waals surface area (Å²) in [5.41, 5.74) is 1.30. The zero-order valence-corrected chi connectivity index (χ0v) is 19.2. The van der Waals surface area contributed by atoms with E-state index in [4.69, 9.17) is 16.8 Å². The Kier molecular flexibility index (Phi) is 3.32. The molecule has 34 heavy (non-hydrogen) atoms. The molecule has 1 aromatic heterocycles. The molecule has 4 aromatic carbocycles. The third-order valence-corrected chi connectivity index (χ3v) is 5.69. The molecule has 0 saturated heterocycles. The van der Waals surface area contributed by atoms with Crippen molar-refractivity contribution in [3.05, 3.63) is 95.0 Å². The molecule has 0 aliphatic heterocycles. The Hall–Kier alpha value is -3.83. The third-order valence-electron chi connectivity index (χ3n) is 5.69. The first kappa shape index (κ1) is 13.8. The molecule has 0 N–H and O–H groups in total. The Labute approximate surface area is 214 Å². The Bertz CT molecular complexity index is 1930. The highest BCUT2D eigenvalue weighted by molar-refractivity contribution is 6.09. The molecule has 2 nitrogen and oxygen atoms in total. The predicted molar refractivity (Wildman–Crippen MR) is 142 cm³/mol. The van der Waals surface area contributed by atoms with Crippen LogP contribution < -0.4 is 0 Å². The standard InChI is InChI=1S/C32H29NO/c1-20-9-12-24(17-29(20)25-13-10-22(15-21(25)2)18-32(3,4)5)26-7-6-8-28-27-14-11-23(19-33)16-30(27)34-31(26)28/h6-17H,18H2,1-5H3/i1D3,2D3,13D,18D2. The van der Waals surface area contributed by atoms with Crippen LogP contribution in [0, 0.1) is 30.4 Å². The van der Waals surface area contributed by atoms with E-state index < -0.39 is 25.5 Å². The predicted octanol–water partition coefficient (Wildman–Crippen LogP) is 9.00. The number of rotatable bonds is 3. The molecule has 5 rings (SSSR count). The van der Waals surface area contributed by atoms with Crippen LogP contribution in [0.4, 0.5) is 0 Å². The van der Waals surface area contributed by atoms with E-state index >= 15 is 0 Å². The minimum Gasteiger partial charge on any atom is -0.455 e. The number of hydrogen-bond donors (Lipinski definition) is 0. The van der Waals surface area contributed by atoms with Crippen molar-refractivity contribution in [1.82, 2.24) is 0 Å². The van der Waals surface area contributed by atoms with Gasteiger partial charge in [-0.1, -0.05) is 69.3 Å². The molecule has 0 aliphatic rings. The summed E-state index contributed by atoms with van der Waals surface area (Å²) in [6.07, 6.45) is -1.97.